The summed E-state index contributed by atoms with van der Waals surface area (Å²) >= 11 is 0. The monoisotopic (exact) mass is 337 g/mol. The van der Waals surface area contributed by atoms with Gasteiger partial charge in [-0.25, -0.2) is 12.8 Å². The molecule has 23 heavy (non-hydrogen) atoms. The third-order valence-electron chi connectivity index (χ3n) is 4.20. The maximum Gasteiger partial charge on any atom is 0.243 e. The number of hydrogen-bond donors (Lipinski definition) is 0. The van der Waals surface area contributed by atoms with Crippen molar-refractivity contribution < 1.29 is 12.8 Å². The van der Waals surface area contributed by atoms with Crippen LogP contribution in [-0.4, -0.2) is 29.0 Å². The van der Waals surface area contributed by atoms with Crippen LogP contribution in [0.4, 0.5) is 4.39 Å². The van der Waals surface area contributed by atoms with Crippen LogP contribution in [0.25, 0.3) is 0 Å². The fourth-order valence-electron chi connectivity index (χ4n) is 3.02. The summed E-state index contributed by atoms with van der Waals surface area (Å²) in [5.74, 6) is -0.443. The van der Waals surface area contributed by atoms with Crippen molar-refractivity contribution >= 4 is 10.0 Å². The first-order valence-corrected chi connectivity index (χ1v) is 9.19. The molecule has 5 nitrogen and oxygen atoms in total. The van der Waals surface area contributed by atoms with Gasteiger partial charge in [0, 0.05) is 19.8 Å². The van der Waals surface area contributed by atoms with E-state index in [0.29, 0.717) is 6.54 Å². The molecule has 0 amide bonds. The summed E-state index contributed by atoms with van der Waals surface area (Å²) in [6.45, 7) is 0.459. The minimum absolute atomic E-state index is 0.127. The number of benzene rings is 1. The second kappa shape index (κ2) is 6.41. The van der Waals surface area contributed by atoms with Gasteiger partial charge in [-0.1, -0.05) is 12.8 Å². The van der Waals surface area contributed by atoms with Crippen LogP contribution in [0.15, 0.2) is 41.4 Å². The molecule has 1 aliphatic rings. The fourth-order valence-corrected chi connectivity index (χ4v) is 4.69. The van der Waals surface area contributed by atoms with Crippen LogP contribution in [0.5, 0.6) is 0 Å². The maximum absolute atomic E-state index is 13.1. The Kier molecular flexibility index (Phi) is 4.50. The van der Waals surface area contributed by atoms with Crippen LogP contribution in [0.1, 0.15) is 37.4 Å². The normalized spacial score (nSPS) is 20.3. The number of nitrogens with zero attached hydrogens (tertiary/aromatic N) is 3. The highest BCUT2D eigenvalue weighted by Gasteiger charge is 2.34. The lowest BCUT2D eigenvalue weighted by molar-refractivity contribution is 0.321. The summed E-state index contributed by atoms with van der Waals surface area (Å²) in [6, 6.07) is 6.61. The second-order valence-corrected chi connectivity index (χ2v) is 7.74. The summed E-state index contributed by atoms with van der Waals surface area (Å²) in [6.07, 6.45) is 5.36. The van der Waals surface area contributed by atoms with E-state index in [4.69, 9.17) is 0 Å². The fraction of sp³-hybridized carbons (Fsp3) is 0.438. The first-order valence-electron chi connectivity index (χ1n) is 7.75. The third-order valence-corrected chi connectivity index (χ3v) is 6.12. The van der Waals surface area contributed by atoms with Gasteiger partial charge in [-0.05, 0) is 43.2 Å². The number of rotatable bonds is 3. The Morgan fingerprint density at radius 3 is 2.52 bits per heavy atom. The van der Waals surface area contributed by atoms with E-state index in [2.05, 4.69) is 5.10 Å². The highest BCUT2D eigenvalue weighted by Crippen LogP contribution is 2.33. The predicted octanol–water partition coefficient (Wildman–Crippen LogP) is 2.87. The molecule has 124 valence electrons. The standard InChI is InChI=1S/C16H20FN3O2S/c1-19-12-10-15(18-19)16-5-3-2-4-11-20(16)23(21,22)14-8-6-13(17)7-9-14/h6-10,12,16H,2-5,11H2,1H3/t16-/m0/s1. The largest absolute Gasteiger partial charge is 0.275 e. The third kappa shape index (κ3) is 3.30. The molecule has 0 spiro atoms. The van der Waals surface area contributed by atoms with Gasteiger partial charge in [0.15, 0.2) is 0 Å². The Labute approximate surface area is 135 Å². The molecule has 2 aromatic rings. The molecule has 1 aliphatic heterocycles. The van der Waals surface area contributed by atoms with Crippen LogP contribution >= 0.6 is 0 Å². The molecule has 1 aromatic heterocycles. The van der Waals surface area contributed by atoms with Crippen molar-refractivity contribution in [3.8, 4) is 0 Å². The molecule has 0 unspecified atom stereocenters. The molecule has 0 N–H and O–H groups in total. The van der Waals surface area contributed by atoms with E-state index in [1.54, 1.807) is 4.68 Å². The van der Waals surface area contributed by atoms with Crippen LogP contribution in [0.3, 0.4) is 0 Å². The molecular weight excluding hydrogens is 317 g/mol. The minimum Gasteiger partial charge on any atom is -0.275 e. The van der Waals surface area contributed by atoms with Crippen LogP contribution in [0.2, 0.25) is 0 Å². The summed E-state index contributed by atoms with van der Waals surface area (Å²) < 4.78 is 42.3. The quantitative estimate of drug-likeness (QED) is 0.865. The summed E-state index contributed by atoms with van der Waals surface area (Å²) in [5.41, 5.74) is 0.764. The lowest BCUT2D eigenvalue weighted by Crippen LogP contribution is -2.35. The van der Waals surface area contributed by atoms with Crippen molar-refractivity contribution in [3.63, 3.8) is 0 Å². The lowest BCUT2D eigenvalue weighted by Gasteiger charge is -2.28. The van der Waals surface area contributed by atoms with Crippen LogP contribution in [0, 0.1) is 5.82 Å². The van der Waals surface area contributed by atoms with Gasteiger partial charge in [-0.15, -0.1) is 0 Å². The molecule has 0 bridgehead atoms. The molecule has 3 rings (SSSR count). The van der Waals surface area contributed by atoms with E-state index < -0.39 is 15.8 Å². The highest BCUT2D eigenvalue weighted by atomic mass is 32.2. The van der Waals surface area contributed by atoms with Gasteiger partial charge in [-0.3, -0.25) is 4.68 Å². The first-order chi connectivity index (χ1) is 11.0. The molecule has 1 fully saturated rings. The Morgan fingerprint density at radius 2 is 1.87 bits per heavy atom. The van der Waals surface area contributed by atoms with Crippen molar-refractivity contribution in [3.05, 3.63) is 48.0 Å². The van der Waals surface area contributed by atoms with Crippen molar-refractivity contribution in [2.24, 2.45) is 7.05 Å². The van der Waals surface area contributed by atoms with Crippen LogP contribution < -0.4 is 0 Å². The molecule has 7 heteroatoms. The van der Waals surface area contributed by atoms with E-state index in [9.17, 15) is 12.8 Å². The molecule has 0 aliphatic carbocycles. The molecule has 1 aromatic carbocycles. The SMILES string of the molecule is Cn1ccc([C@@H]2CCCCCN2S(=O)(=O)c2ccc(F)cc2)n1. The lowest BCUT2D eigenvalue weighted by atomic mass is 10.1. The highest BCUT2D eigenvalue weighted by molar-refractivity contribution is 7.89. The van der Waals surface area contributed by atoms with E-state index in [1.165, 1.54) is 28.6 Å². The molecule has 0 radical (unpaired) electrons. The minimum atomic E-state index is -3.67. The summed E-state index contributed by atoms with van der Waals surface area (Å²) in [4.78, 5) is 0.127. The molecule has 1 saturated heterocycles. The Morgan fingerprint density at radius 1 is 1.13 bits per heavy atom. The number of hydrogen-bond acceptors (Lipinski definition) is 3. The predicted molar refractivity (Wildman–Crippen MR) is 84.7 cm³/mol. The van der Waals surface area contributed by atoms with E-state index in [0.717, 1.165) is 31.4 Å². The van der Waals surface area contributed by atoms with Gasteiger partial charge in [0.1, 0.15) is 5.82 Å². The van der Waals surface area contributed by atoms with Gasteiger partial charge in [0.05, 0.1) is 16.6 Å². The topological polar surface area (TPSA) is 55.2 Å². The molecule has 0 saturated carbocycles. The van der Waals surface area contributed by atoms with Gasteiger partial charge in [-0.2, -0.15) is 9.40 Å². The first kappa shape index (κ1) is 16.1. The average molecular weight is 337 g/mol. The Bertz CT molecular complexity index is 771. The summed E-state index contributed by atoms with van der Waals surface area (Å²) in [5, 5.41) is 4.40. The Balaban J connectivity index is 2.00. The van der Waals surface area contributed by atoms with Crippen molar-refractivity contribution in [2.75, 3.05) is 6.54 Å². The zero-order valence-electron chi connectivity index (χ0n) is 13.0. The smallest absolute Gasteiger partial charge is 0.243 e. The van der Waals surface area contributed by atoms with Gasteiger partial charge < -0.3 is 0 Å². The van der Waals surface area contributed by atoms with Crippen molar-refractivity contribution in [2.45, 2.75) is 36.6 Å². The average Bonchev–Trinajstić information content (AvgIpc) is 2.80. The number of sulfonamides is 1. The zero-order chi connectivity index (χ0) is 16.4. The summed E-state index contributed by atoms with van der Waals surface area (Å²) in [7, 11) is -1.85. The van der Waals surface area contributed by atoms with E-state index in [-0.39, 0.29) is 10.9 Å². The van der Waals surface area contributed by atoms with Crippen molar-refractivity contribution in [1.29, 1.82) is 0 Å². The van der Waals surface area contributed by atoms with Gasteiger partial charge in [0.2, 0.25) is 10.0 Å². The van der Waals surface area contributed by atoms with Crippen molar-refractivity contribution in [1.82, 2.24) is 14.1 Å². The molecule has 1 atom stereocenters. The molecular formula is C16H20FN3O2S. The number of halogens is 1. The van der Waals surface area contributed by atoms with E-state index in [1.807, 2.05) is 19.3 Å². The van der Waals surface area contributed by atoms with Crippen LogP contribution in [-0.2, 0) is 17.1 Å². The maximum atomic E-state index is 13.1. The van der Waals surface area contributed by atoms with Gasteiger partial charge in [0.25, 0.3) is 0 Å². The zero-order valence-corrected chi connectivity index (χ0v) is 13.8. The van der Waals surface area contributed by atoms with Gasteiger partial charge >= 0.3 is 0 Å². The Hall–Kier alpha value is -1.73. The number of aromatic nitrogens is 2. The molecule has 2 heterocycles. The second-order valence-electron chi connectivity index (χ2n) is 5.85. The van der Waals surface area contributed by atoms with E-state index >= 15 is 0 Å². The number of aryl methyl sites for hydroxylation is 1.